The van der Waals surface area contributed by atoms with Crippen LogP contribution in [0.3, 0.4) is 0 Å². The summed E-state index contributed by atoms with van der Waals surface area (Å²) >= 11 is 0. The Morgan fingerprint density at radius 3 is 2.44 bits per heavy atom. The van der Waals surface area contributed by atoms with E-state index in [1.807, 2.05) is 42.5 Å². The van der Waals surface area contributed by atoms with Crippen LogP contribution in [0.25, 0.3) is 11.0 Å². The first-order valence-corrected chi connectivity index (χ1v) is 14.0. The van der Waals surface area contributed by atoms with E-state index in [1.165, 1.54) is 17.3 Å². The minimum Gasteiger partial charge on any atom is -0.493 e. The van der Waals surface area contributed by atoms with Crippen molar-refractivity contribution in [1.82, 2.24) is 14.9 Å². The van der Waals surface area contributed by atoms with Crippen LogP contribution < -0.4 is 20.1 Å². The maximum Gasteiger partial charge on any atom is 0.275 e. The average Bonchev–Trinajstić information content (AvgIpc) is 3.04. The third-order valence-corrected chi connectivity index (χ3v) is 7.51. The topological polar surface area (TPSA) is 106 Å². The Hall–Kier alpha value is -5.28. The van der Waals surface area contributed by atoms with Crippen molar-refractivity contribution in [3.05, 3.63) is 119 Å². The van der Waals surface area contributed by atoms with Crippen molar-refractivity contribution in [2.45, 2.75) is 19.5 Å². The van der Waals surface area contributed by atoms with Gasteiger partial charge in [-0.2, -0.15) is 0 Å². The van der Waals surface area contributed by atoms with Gasteiger partial charge in [-0.3, -0.25) is 19.5 Å². The van der Waals surface area contributed by atoms with Gasteiger partial charge in [0.25, 0.3) is 11.8 Å². The Balaban J connectivity index is 1.14. The van der Waals surface area contributed by atoms with E-state index in [1.54, 1.807) is 44.6 Å². The molecular weight excluding hydrogens is 542 g/mol. The Morgan fingerprint density at radius 2 is 1.60 bits per heavy atom. The lowest BCUT2D eigenvalue weighted by Crippen LogP contribution is -2.30. The molecule has 0 fully saturated rings. The van der Waals surface area contributed by atoms with Crippen molar-refractivity contribution in [1.29, 1.82) is 0 Å². The van der Waals surface area contributed by atoms with Crippen LogP contribution in [0.5, 0.6) is 11.5 Å². The summed E-state index contributed by atoms with van der Waals surface area (Å²) in [5.41, 5.74) is 6.49. The first-order chi connectivity index (χ1) is 21.0. The number of carbonyl (C=O) groups is 2. The molecular formula is C34H31N5O4. The number of nitrogens with zero attached hydrogens (tertiary/aromatic N) is 3. The van der Waals surface area contributed by atoms with Crippen LogP contribution >= 0.6 is 0 Å². The lowest BCUT2D eigenvalue weighted by molar-refractivity contribution is 0.102. The van der Waals surface area contributed by atoms with Crippen molar-refractivity contribution in [3.63, 3.8) is 0 Å². The largest absolute Gasteiger partial charge is 0.493 e. The second-order valence-electron chi connectivity index (χ2n) is 10.3. The van der Waals surface area contributed by atoms with E-state index in [0.29, 0.717) is 39.5 Å². The fourth-order valence-electron chi connectivity index (χ4n) is 5.31. The lowest BCUT2D eigenvalue weighted by Gasteiger charge is -2.29. The fraction of sp³-hybridized carbons (Fsp3) is 0.176. The number of benzene rings is 4. The molecule has 1 aromatic heterocycles. The summed E-state index contributed by atoms with van der Waals surface area (Å²) in [5, 5.41) is 5.84. The summed E-state index contributed by atoms with van der Waals surface area (Å²) in [6.07, 6.45) is 2.35. The highest BCUT2D eigenvalue weighted by Crippen LogP contribution is 2.30. The van der Waals surface area contributed by atoms with Gasteiger partial charge in [-0.15, -0.1) is 0 Å². The molecule has 1 aliphatic heterocycles. The van der Waals surface area contributed by atoms with Gasteiger partial charge in [-0.1, -0.05) is 36.4 Å². The van der Waals surface area contributed by atoms with Crippen LogP contribution in [0.2, 0.25) is 0 Å². The molecule has 43 heavy (non-hydrogen) atoms. The highest BCUT2D eigenvalue weighted by Gasteiger charge is 2.20. The zero-order valence-corrected chi connectivity index (χ0v) is 24.0. The lowest BCUT2D eigenvalue weighted by atomic mass is 9.98. The quantitative estimate of drug-likeness (QED) is 0.245. The second-order valence-corrected chi connectivity index (χ2v) is 10.3. The number of hydrogen-bond donors (Lipinski definition) is 2. The van der Waals surface area contributed by atoms with E-state index in [-0.39, 0.29) is 11.6 Å². The molecule has 4 aromatic carbocycles. The Kier molecular flexibility index (Phi) is 7.97. The second kappa shape index (κ2) is 12.3. The van der Waals surface area contributed by atoms with E-state index < -0.39 is 5.91 Å². The molecule has 9 heteroatoms. The predicted octanol–water partition coefficient (Wildman–Crippen LogP) is 5.71. The summed E-state index contributed by atoms with van der Waals surface area (Å²) < 4.78 is 10.8. The molecule has 0 saturated heterocycles. The highest BCUT2D eigenvalue weighted by atomic mass is 16.5. The molecule has 1 aliphatic rings. The van der Waals surface area contributed by atoms with Crippen LogP contribution in [0.1, 0.15) is 37.5 Å². The average molecular weight is 574 g/mol. The number of methoxy groups -OCH3 is 2. The van der Waals surface area contributed by atoms with Crippen molar-refractivity contribution >= 4 is 34.2 Å². The van der Waals surface area contributed by atoms with E-state index in [4.69, 9.17) is 9.47 Å². The molecule has 0 bridgehead atoms. The molecule has 2 N–H and O–H groups in total. The number of anilines is 2. The molecule has 2 heterocycles. The number of amides is 2. The molecule has 2 amide bonds. The summed E-state index contributed by atoms with van der Waals surface area (Å²) in [5.74, 6) is 0.656. The molecule has 0 unspecified atom stereocenters. The first kappa shape index (κ1) is 27.9. The molecule has 0 radical (unpaired) electrons. The Morgan fingerprint density at radius 1 is 0.814 bits per heavy atom. The molecule has 0 saturated carbocycles. The van der Waals surface area contributed by atoms with E-state index in [9.17, 15) is 9.59 Å². The number of ether oxygens (including phenoxy) is 2. The van der Waals surface area contributed by atoms with Crippen molar-refractivity contribution in [3.8, 4) is 11.5 Å². The molecule has 5 aromatic rings. The molecule has 0 atom stereocenters. The minimum atomic E-state index is -0.443. The van der Waals surface area contributed by atoms with Gasteiger partial charge in [-0.25, -0.2) is 4.98 Å². The monoisotopic (exact) mass is 573 g/mol. The third-order valence-electron chi connectivity index (χ3n) is 7.51. The van der Waals surface area contributed by atoms with Gasteiger partial charge in [0.05, 0.1) is 42.7 Å². The predicted molar refractivity (Wildman–Crippen MR) is 166 cm³/mol. The van der Waals surface area contributed by atoms with Crippen LogP contribution in [0.4, 0.5) is 11.4 Å². The highest BCUT2D eigenvalue weighted by molar-refractivity contribution is 6.12. The third kappa shape index (κ3) is 6.17. The van der Waals surface area contributed by atoms with Gasteiger partial charge in [-0.05, 0) is 71.6 Å². The maximum absolute atomic E-state index is 13.4. The standard InChI is InChI=1S/C34H31N5O4/c1-42-31-14-11-22(17-32(31)43-2)20-39-16-15-23-12-13-25(18-24(23)21-39)36-33(40)26-7-3-4-8-27(26)38-34(41)30-19-35-28-9-5-6-10-29(28)37-30/h3-14,17-19H,15-16,20-21H2,1-2H3,(H,36,40)(H,38,41). The Bertz CT molecular complexity index is 1820. The van der Waals surface area contributed by atoms with Gasteiger partial charge < -0.3 is 20.1 Å². The minimum absolute atomic E-state index is 0.168. The molecule has 216 valence electrons. The van der Waals surface area contributed by atoms with Crippen LogP contribution in [-0.4, -0.2) is 47.4 Å². The van der Waals surface area contributed by atoms with Gasteiger partial charge >= 0.3 is 0 Å². The number of carbonyl (C=O) groups excluding carboxylic acids is 2. The zero-order valence-electron chi connectivity index (χ0n) is 24.0. The fourth-order valence-corrected chi connectivity index (χ4v) is 5.31. The van der Waals surface area contributed by atoms with Crippen molar-refractivity contribution < 1.29 is 19.1 Å². The zero-order chi connectivity index (χ0) is 29.8. The maximum atomic E-state index is 13.4. The van der Waals surface area contributed by atoms with Crippen LogP contribution in [-0.2, 0) is 19.5 Å². The smallest absolute Gasteiger partial charge is 0.275 e. The van der Waals surface area contributed by atoms with Gasteiger partial charge in [0.2, 0.25) is 0 Å². The normalized spacial score (nSPS) is 12.8. The van der Waals surface area contributed by atoms with Crippen molar-refractivity contribution in [2.75, 3.05) is 31.4 Å². The summed E-state index contributed by atoms with van der Waals surface area (Å²) in [7, 11) is 3.27. The van der Waals surface area contributed by atoms with Gasteiger partial charge in [0.15, 0.2) is 11.5 Å². The summed E-state index contributed by atoms with van der Waals surface area (Å²) in [6.45, 7) is 2.46. The number of aromatic nitrogens is 2. The van der Waals surface area contributed by atoms with Crippen molar-refractivity contribution in [2.24, 2.45) is 0 Å². The number of rotatable bonds is 8. The number of para-hydroxylation sites is 3. The van der Waals surface area contributed by atoms with Gasteiger partial charge in [0, 0.05) is 25.3 Å². The van der Waals surface area contributed by atoms with Crippen LogP contribution in [0.15, 0.2) is 91.1 Å². The number of hydrogen-bond acceptors (Lipinski definition) is 7. The molecule has 6 rings (SSSR count). The molecule has 9 nitrogen and oxygen atoms in total. The van der Waals surface area contributed by atoms with E-state index >= 15 is 0 Å². The van der Waals surface area contributed by atoms with Gasteiger partial charge in [0.1, 0.15) is 5.69 Å². The Labute approximate surface area is 249 Å². The summed E-state index contributed by atoms with van der Waals surface area (Å²) in [6, 6.07) is 26.3. The summed E-state index contributed by atoms with van der Waals surface area (Å²) in [4.78, 5) is 37.5. The SMILES string of the molecule is COc1ccc(CN2CCc3ccc(NC(=O)c4ccccc4NC(=O)c4cnc5ccccc5n4)cc3C2)cc1OC. The van der Waals surface area contributed by atoms with Crippen LogP contribution in [0, 0.1) is 0 Å². The van der Waals surface area contributed by atoms with E-state index in [0.717, 1.165) is 31.6 Å². The van der Waals surface area contributed by atoms with E-state index in [2.05, 4.69) is 37.6 Å². The molecule has 0 spiro atoms. The molecule has 0 aliphatic carbocycles. The number of fused-ring (bicyclic) bond motifs is 2. The number of nitrogens with one attached hydrogen (secondary N) is 2. The first-order valence-electron chi connectivity index (χ1n) is 14.0.